The third-order valence-electron chi connectivity index (χ3n) is 2.86. The molecule has 0 aliphatic carbocycles. The van der Waals surface area contributed by atoms with Crippen LogP contribution in [0.4, 0.5) is 17.2 Å². The Morgan fingerprint density at radius 2 is 2.16 bits per heavy atom. The lowest BCUT2D eigenvalue weighted by atomic mass is 10.2. The van der Waals surface area contributed by atoms with Gasteiger partial charge in [0.25, 0.3) is 0 Å². The predicted molar refractivity (Wildman–Crippen MR) is 81.0 cm³/mol. The van der Waals surface area contributed by atoms with Gasteiger partial charge < -0.3 is 15.8 Å². The average Bonchev–Trinajstić information content (AvgIpc) is 2.65. The SMILES string of the molecule is CCc1nn(C)c(Nc2cc(Br)cc(OC)c2)c1N. The van der Waals surface area contributed by atoms with Gasteiger partial charge in [0.1, 0.15) is 5.75 Å². The maximum absolute atomic E-state index is 6.08. The van der Waals surface area contributed by atoms with Gasteiger partial charge in [0.15, 0.2) is 5.82 Å². The number of halogens is 1. The molecule has 1 aromatic carbocycles. The standard InChI is InChI=1S/C13H17BrN4O/c1-4-11-12(15)13(18(2)17-11)16-9-5-8(14)6-10(7-9)19-3/h5-7,16H,4,15H2,1-3H3. The van der Waals surface area contributed by atoms with E-state index in [9.17, 15) is 0 Å². The van der Waals surface area contributed by atoms with Crippen LogP contribution in [0.15, 0.2) is 22.7 Å². The number of nitrogen functional groups attached to an aromatic ring is 1. The molecule has 5 nitrogen and oxygen atoms in total. The zero-order chi connectivity index (χ0) is 14.0. The van der Waals surface area contributed by atoms with Crippen molar-refractivity contribution in [2.24, 2.45) is 7.05 Å². The minimum absolute atomic E-state index is 0.684. The van der Waals surface area contributed by atoms with E-state index in [1.807, 2.05) is 32.2 Å². The fourth-order valence-electron chi connectivity index (χ4n) is 1.89. The van der Waals surface area contributed by atoms with Gasteiger partial charge in [0.2, 0.25) is 0 Å². The molecule has 0 saturated carbocycles. The van der Waals surface area contributed by atoms with Crippen LogP contribution in [0.2, 0.25) is 0 Å². The third-order valence-corrected chi connectivity index (χ3v) is 3.32. The Morgan fingerprint density at radius 1 is 1.42 bits per heavy atom. The number of methoxy groups -OCH3 is 1. The Morgan fingerprint density at radius 3 is 2.74 bits per heavy atom. The quantitative estimate of drug-likeness (QED) is 0.907. The molecule has 0 saturated heterocycles. The lowest BCUT2D eigenvalue weighted by molar-refractivity contribution is 0.415. The predicted octanol–water partition coefficient (Wildman–Crippen LogP) is 3.08. The number of ether oxygens (including phenoxy) is 1. The van der Waals surface area contributed by atoms with Crippen LogP contribution < -0.4 is 15.8 Å². The second kappa shape index (κ2) is 5.52. The Balaban J connectivity index is 2.36. The highest BCUT2D eigenvalue weighted by atomic mass is 79.9. The van der Waals surface area contributed by atoms with Crippen LogP contribution in [0.1, 0.15) is 12.6 Å². The van der Waals surface area contributed by atoms with Crippen LogP contribution in [0.5, 0.6) is 5.75 Å². The highest BCUT2D eigenvalue weighted by Crippen LogP contribution is 2.30. The summed E-state index contributed by atoms with van der Waals surface area (Å²) < 4.78 is 7.92. The van der Waals surface area contributed by atoms with Gasteiger partial charge in [-0.25, -0.2) is 0 Å². The first-order valence-electron chi connectivity index (χ1n) is 5.98. The molecular weight excluding hydrogens is 308 g/mol. The molecule has 19 heavy (non-hydrogen) atoms. The molecule has 1 aromatic heterocycles. The van der Waals surface area contributed by atoms with E-state index in [-0.39, 0.29) is 0 Å². The Labute approximate surface area is 120 Å². The van der Waals surface area contributed by atoms with Crippen LogP contribution in [-0.2, 0) is 13.5 Å². The molecule has 0 atom stereocenters. The number of aryl methyl sites for hydroxylation is 2. The van der Waals surface area contributed by atoms with Crippen LogP contribution in [0, 0.1) is 0 Å². The van der Waals surface area contributed by atoms with Crippen molar-refractivity contribution in [3.8, 4) is 5.75 Å². The minimum atomic E-state index is 0.684. The molecule has 3 N–H and O–H groups in total. The molecule has 2 aromatic rings. The molecule has 0 unspecified atom stereocenters. The monoisotopic (exact) mass is 324 g/mol. The van der Waals surface area contributed by atoms with E-state index >= 15 is 0 Å². The molecule has 0 bridgehead atoms. The van der Waals surface area contributed by atoms with E-state index in [1.54, 1.807) is 11.8 Å². The Hall–Kier alpha value is -1.69. The number of hydrogen-bond acceptors (Lipinski definition) is 4. The normalized spacial score (nSPS) is 10.5. The van der Waals surface area contributed by atoms with E-state index in [4.69, 9.17) is 10.5 Å². The number of aromatic nitrogens is 2. The summed E-state index contributed by atoms with van der Waals surface area (Å²) in [5.41, 5.74) is 8.55. The first-order valence-corrected chi connectivity index (χ1v) is 6.77. The van der Waals surface area contributed by atoms with Crippen molar-refractivity contribution in [3.63, 3.8) is 0 Å². The summed E-state index contributed by atoms with van der Waals surface area (Å²) in [6.07, 6.45) is 0.809. The summed E-state index contributed by atoms with van der Waals surface area (Å²) in [4.78, 5) is 0. The molecule has 0 radical (unpaired) electrons. The highest BCUT2D eigenvalue weighted by molar-refractivity contribution is 9.10. The largest absolute Gasteiger partial charge is 0.497 e. The van der Waals surface area contributed by atoms with Gasteiger partial charge in [-0.1, -0.05) is 22.9 Å². The Bertz CT molecular complexity index is 595. The van der Waals surface area contributed by atoms with Gasteiger partial charge in [0.05, 0.1) is 18.5 Å². The summed E-state index contributed by atoms with van der Waals surface area (Å²) >= 11 is 3.45. The highest BCUT2D eigenvalue weighted by Gasteiger charge is 2.12. The molecule has 0 aliphatic rings. The summed E-state index contributed by atoms with van der Waals surface area (Å²) in [5.74, 6) is 1.56. The van der Waals surface area contributed by atoms with Gasteiger partial charge in [-0.3, -0.25) is 4.68 Å². The van der Waals surface area contributed by atoms with E-state index < -0.39 is 0 Å². The lowest BCUT2D eigenvalue weighted by Gasteiger charge is -2.10. The van der Waals surface area contributed by atoms with Crippen molar-refractivity contribution < 1.29 is 4.74 Å². The molecule has 1 heterocycles. The number of benzene rings is 1. The summed E-state index contributed by atoms with van der Waals surface area (Å²) in [5, 5.41) is 7.65. The van der Waals surface area contributed by atoms with Crippen LogP contribution >= 0.6 is 15.9 Å². The van der Waals surface area contributed by atoms with Crippen molar-refractivity contribution in [1.82, 2.24) is 9.78 Å². The lowest BCUT2D eigenvalue weighted by Crippen LogP contribution is -2.01. The van der Waals surface area contributed by atoms with Crippen molar-refractivity contribution in [2.45, 2.75) is 13.3 Å². The second-order valence-corrected chi connectivity index (χ2v) is 5.11. The van der Waals surface area contributed by atoms with Crippen molar-refractivity contribution in [1.29, 1.82) is 0 Å². The topological polar surface area (TPSA) is 65.1 Å². The molecular formula is C13H17BrN4O. The maximum Gasteiger partial charge on any atom is 0.152 e. The number of nitrogens with zero attached hydrogens (tertiary/aromatic N) is 2. The number of nitrogens with two attached hydrogens (primary N) is 1. The zero-order valence-corrected chi connectivity index (χ0v) is 12.8. The van der Waals surface area contributed by atoms with Gasteiger partial charge in [0, 0.05) is 23.3 Å². The van der Waals surface area contributed by atoms with Gasteiger partial charge >= 0.3 is 0 Å². The molecule has 2 rings (SSSR count). The summed E-state index contributed by atoms with van der Waals surface area (Å²) in [6, 6.07) is 5.76. The van der Waals surface area contributed by atoms with E-state index in [0.29, 0.717) is 5.69 Å². The third kappa shape index (κ3) is 2.84. The molecule has 0 aliphatic heterocycles. The first kappa shape index (κ1) is 13.7. The number of anilines is 3. The first-order chi connectivity index (χ1) is 9.05. The zero-order valence-electron chi connectivity index (χ0n) is 11.2. The minimum Gasteiger partial charge on any atom is -0.497 e. The van der Waals surface area contributed by atoms with Gasteiger partial charge in [-0.05, 0) is 18.6 Å². The Kier molecular flexibility index (Phi) is 3.99. The van der Waals surface area contributed by atoms with Crippen LogP contribution in [-0.4, -0.2) is 16.9 Å². The van der Waals surface area contributed by atoms with Gasteiger partial charge in [-0.15, -0.1) is 0 Å². The fraction of sp³-hybridized carbons (Fsp3) is 0.308. The van der Waals surface area contributed by atoms with Crippen molar-refractivity contribution in [3.05, 3.63) is 28.4 Å². The van der Waals surface area contributed by atoms with Crippen LogP contribution in [0.3, 0.4) is 0 Å². The smallest absolute Gasteiger partial charge is 0.152 e. The summed E-state index contributed by atoms with van der Waals surface area (Å²) in [7, 11) is 3.51. The maximum atomic E-state index is 6.08. The van der Waals surface area contributed by atoms with Gasteiger partial charge in [-0.2, -0.15) is 5.10 Å². The summed E-state index contributed by atoms with van der Waals surface area (Å²) in [6.45, 7) is 2.03. The van der Waals surface area contributed by atoms with Crippen LogP contribution in [0.25, 0.3) is 0 Å². The van der Waals surface area contributed by atoms with Crippen molar-refractivity contribution >= 4 is 33.1 Å². The average molecular weight is 325 g/mol. The van der Waals surface area contributed by atoms with E-state index in [0.717, 1.165) is 33.8 Å². The van der Waals surface area contributed by atoms with Crippen molar-refractivity contribution in [2.75, 3.05) is 18.2 Å². The van der Waals surface area contributed by atoms with E-state index in [2.05, 4.69) is 26.3 Å². The fourth-order valence-corrected chi connectivity index (χ4v) is 2.37. The number of rotatable bonds is 4. The molecule has 0 spiro atoms. The molecule has 0 fully saturated rings. The molecule has 6 heteroatoms. The molecule has 0 amide bonds. The second-order valence-electron chi connectivity index (χ2n) is 4.19. The number of nitrogens with one attached hydrogen (secondary N) is 1. The molecule has 102 valence electrons. The number of hydrogen-bond donors (Lipinski definition) is 2. The van der Waals surface area contributed by atoms with E-state index in [1.165, 1.54) is 0 Å².